The van der Waals surface area contributed by atoms with Gasteiger partial charge in [-0.1, -0.05) is 12.2 Å². The molecule has 1 unspecified atom stereocenters. The zero-order chi connectivity index (χ0) is 12.5. The van der Waals surface area contributed by atoms with E-state index < -0.39 is 0 Å². The molecule has 0 saturated heterocycles. The van der Waals surface area contributed by atoms with Crippen LogP contribution in [0.5, 0.6) is 0 Å². The molecule has 2 aromatic heterocycles. The summed E-state index contributed by atoms with van der Waals surface area (Å²) < 4.78 is 0. The van der Waals surface area contributed by atoms with Gasteiger partial charge in [0, 0.05) is 6.54 Å². The Morgan fingerprint density at radius 1 is 1.44 bits per heavy atom. The zero-order valence-corrected chi connectivity index (χ0v) is 10.3. The third kappa shape index (κ3) is 1.83. The SMILES string of the molecule is OCC1CC=CCN1c1nc(Cl)nc2nc[nH]c12. The minimum absolute atomic E-state index is 0.00691. The summed E-state index contributed by atoms with van der Waals surface area (Å²) in [5, 5.41) is 9.60. The molecule has 1 aliphatic rings. The predicted molar refractivity (Wildman–Crippen MR) is 68.7 cm³/mol. The molecular formula is C11H12ClN5O. The van der Waals surface area contributed by atoms with Crippen LogP contribution >= 0.6 is 11.6 Å². The Morgan fingerprint density at radius 2 is 2.33 bits per heavy atom. The van der Waals surface area contributed by atoms with Gasteiger partial charge >= 0.3 is 0 Å². The molecule has 0 bridgehead atoms. The van der Waals surface area contributed by atoms with Gasteiger partial charge in [-0.05, 0) is 18.0 Å². The number of aromatic amines is 1. The van der Waals surface area contributed by atoms with Crippen LogP contribution in [0.2, 0.25) is 5.28 Å². The molecule has 0 amide bonds. The van der Waals surface area contributed by atoms with Gasteiger partial charge in [0.25, 0.3) is 0 Å². The van der Waals surface area contributed by atoms with Gasteiger partial charge in [-0.25, -0.2) is 4.98 Å². The van der Waals surface area contributed by atoms with E-state index in [2.05, 4.69) is 26.0 Å². The van der Waals surface area contributed by atoms with Crippen molar-refractivity contribution in [3.63, 3.8) is 0 Å². The number of H-pyrrole nitrogens is 1. The van der Waals surface area contributed by atoms with Gasteiger partial charge in [0.1, 0.15) is 5.52 Å². The van der Waals surface area contributed by atoms with Gasteiger partial charge in [0.05, 0.1) is 19.0 Å². The lowest BCUT2D eigenvalue weighted by Crippen LogP contribution is -2.40. The van der Waals surface area contributed by atoms with Crippen LogP contribution in [0.25, 0.3) is 11.2 Å². The van der Waals surface area contributed by atoms with E-state index in [0.29, 0.717) is 18.0 Å². The van der Waals surface area contributed by atoms with Gasteiger partial charge in [0.15, 0.2) is 11.5 Å². The second kappa shape index (κ2) is 4.55. The molecule has 7 heteroatoms. The molecule has 2 aromatic rings. The Bertz CT molecular complexity index is 596. The van der Waals surface area contributed by atoms with E-state index in [-0.39, 0.29) is 17.9 Å². The van der Waals surface area contributed by atoms with Crippen molar-refractivity contribution in [2.75, 3.05) is 18.1 Å². The summed E-state index contributed by atoms with van der Waals surface area (Å²) in [5.41, 5.74) is 1.28. The molecule has 3 heterocycles. The van der Waals surface area contributed by atoms with Gasteiger partial charge in [-0.3, -0.25) is 0 Å². The van der Waals surface area contributed by atoms with Gasteiger partial charge in [-0.2, -0.15) is 9.97 Å². The highest BCUT2D eigenvalue weighted by atomic mass is 35.5. The summed E-state index contributed by atoms with van der Waals surface area (Å²) in [6.07, 6.45) is 6.45. The summed E-state index contributed by atoms with van der Waals surface area (Å²) in [6.45, 7) is 0.758. The molecule has 2 N–H and O–H groups in total. The highest BCUT2D eigenvalue weighted by Gasteiger charge is 2.23. The largest absolute Gasteiger partial charge is 0.394 e. The lowest BCUT2D eigenvalue weighted by Gasteiger charge is -2.32. The second-order valence-corrected chi connectivity index (χ2v) is 4.45. The molecule has 94 valence electrons. The van der Waals surface area contributed by atoms with E-state index in [1.54, 1.807) is 6.33 Å². The van der Waals surface area contributed by atoms with Crippen molar-refractivity contribution in [2.45, 2.75) is 12.5 Å². The van der Waals surface area contributed by atoms with Gasteiger partial charge in [-0.15, -0.1) is 0 Å². The minimum atomic E-state index is 0.00691. The Labute approximate surface area is 108 Å². The number of hydrogen-bond acceptors (Lipinski definition) is 5. The van der Waals surface area contributed by atoms with Crippen molar-refractivity contribution in [1.82, 2.24) is 19.9 Å². The highest BCUT2D eigenvalue weighted by Crippen LogP contribution is 2.26. The molecule has 3 rings (SSSR count). The fourth-order valence-electron chi connectivity index (χ4n) is 2.15. The maximum Gasteiger partial charge on any atom is 0.226 e. The van der Waals surface area contributed by atoms with Crippen molar-refractivity contribution >= 4 is 28.6 Å². The van der Waals surface area contributed by atoms with Crippen LogP contribution in [-0.4, -0.2) is 44.2 Å². The van der Waals surface area contributed by atoms with Crippen LogP contribution in [0, 0.1) is 0 Å². The van der Waals surface area contributed by atoms with E-state index >= 15 is 0 Å². The molecular weight excluding hydrogens is 254 g/mol. The van der Waals surface area contributed by atoms with Crippen LogP contribution in [0.3, 0.4) is 0 Å². The lowest BCUT2D eigenvalue weighted by atomic mass is 10.1. The average molecular weight is 266 g/mol. The van der Waals surface area contributed by atoms with E-state index in [1.807, 2.05) is 11.0 Å². The summed E-state index contributed by atoms with van der Waals surface area (Å²) in [7, 11) is 0. The molecule has 6 nitrogen and oxygen atoms in total. The number of nitrogens with zero attached hydrogens (tertiary/aromatic N) is 4. The zero-order valence-electron chi connectivity index (χ0n) is 9.54. The number of halogens is 1. The summed E-state index contributed by atoms with van der Waals surface area (Å²) in [4.78, 5) is 17.4. The molecule has 0 spiro atoms. The molecule has 0 radical (unpaired) electrons. The van der Waals surface area contributed by atoms with E-state index in [9.17, 15) is 5.11 Å². The molecule has 0 saturated carbocycles. The Balaban J connectivity index is 2.12. The molecule has 1 aliphatic heterocycles. The van der Waals surface area contributed by atoms with Crippen molar-refractivity contribution < 1.29 is 5.11 Å². The lowest BCUT2D eigenvalue weighted by molar-refractivity contribution is 0.259. The second-order valence-electron chi connectivity index (χ2n) is 4.11. The van der Waals surface area contributed by atoms with Crippen molar-refractivity contribution in [1.29, 1.82) is 0 Å². The van der Waals surface area contributed by atoms with Crippen LogP contribution < -0.4 is 4.90 Å². The third-order valence-corrected chi connectivity index (χ3v) is 3.21. The first kappa shape index (κ1) is 11.4. The van der Waals surface area contributed by atoms with Crippen molar-refractivity contribution in [3.05, 3.63) is 23.8 Å². The predicted octanol–water partition coefficient (Wildman–Crippen LogP) is 1.13. The molecule has 1 atom stereocenters. The van der Waals surface area contributed by atoms with Crippen molar-refractivity contribution in [3.8, 4) is 0 Å². The fourth-order valence-corrected chi connectivity index (χ4v) is 2.31. The fraction of sp³-hybridized carbons (Fsp3) is 0.364. The summed E-state index contributed by atoms with van der Waals surface area (Å²) >= 11 is 5.91. The molecule has 18 heavy (non-hydrogen) atoms. The third-order valence-electron chi connectivity index (χ3n) is 3.04. The number of aromatic nitrogens is 4. The number of aliphatic hydroxyl groups is 1. The number of imidazole rings is 1. The van der Waals surface area contributed by atoms with Gasteiger partial charge < -0.3 is 15.0 Å². The number of nitrogens with one attached hydrogen (secondary N) is 1. The maximum atomic E-state index is 9.44. The van der Waals surface area contributed by atoms with Crippen molar-refractivity contribution in [2.24, 2.45) is 0 Å². The maximum absolute atomic E-state index is 9.44. The van der Waals surface area contributed by atoms with Crippen LogP contribution in [-0.2, 0) is 0 Å². The molecule has 0 aliphatic carbocycles. The summed E-state index contributed by atoms with van der Waals surface area (Å²) in [5.74, 6) is 0.686. The number of fused-ring (bicyclic) bond motifs is 1. The normalized spacial score (nSPS) is 19.7. The molecule has 0 fully saturated rings. The van der Waals surface area contributed by atoms with E-state index in [4.69, 9.17) is 11.6 Å². The Kier molecular flexibility index (Phi) is 2.89. The quantitative estimate of drug-likeness (QED) is 0.629. The minimum Gasteiger partial charge on any atom is -0.394 e. The Morgan fingerprint density at radius 3 is 3.17 bits per heavy atom. The van der Waals surface area contributed by atoms with Crippen LogP contribution in [0.4, 0.5) is 5.82 Å². The first-order valence-corrected chi connectivity index (χ1v) is 6.06. The summed E-state index contributed by atoms with van der Waals surface area (Å²) in [6, 6.07) is 0.00691. The number of aliphatic hydroxyl groups excluding tert-OH is 1. The van der Waals surface area contributed by atoms with E-state index in [0.717, 1.165) is 11.9 Å². The van der Waals surface area contributed by atoms with E-state index in [1.165, 1.54) is 0 Å². The topological polar surface area (TPSA) is 77.9 Å². The molecule has 0 aromatic carbocycles. The van der Waals surface area contributed by atoms with Crippen LogP contribution in [0.1, 0.15) is 6.42 Å². The van der Waals surface area contributed by atoms with Gasteiger partial charge in [0.2, 0.25) is 5.28 Å². The first-order valence-electron chi connectivity index (χ1n) is 5.68. The monoisotopic (exact) mass is 265 g/mol. The number of anilines is 1. The highest BCUT2D eigenvalue weighted by molar-refractivity contribution is 6.28. The smallest absolute Gasteiger partial charge is 0.226 e. The van der Waals surface area contributed by atoms with Crippen LogP contribution in [0.15, 0.2) is 18.5 Å². The first-order chi connectivity index (χ1) is 8.79. The standard InChI is InChI=1S/C11H12ClN5O/c12-11-15-9-8(13-6-14-9)10(16-11)17-4-2-1-3-7(17)5-18/h1-2,6-7,18H,3-5H2,(H,13,14,15,16). The average Bonchev–Trinajstić information content (AvgIpc) is 2.85. The number of rotatable bonds is 2. The Hall–Kier alpha value is -1.66. The number of hydrogen-bond donors (Lipinski definition) is 2.